The highest BCUT2D eigenvalue weighted by molar-refractivity contribution is 6.02. The van der Waals surface area contributed by atoms with Gasteiger partial charge < -0.3 is 15.8 Å². The summed E-state index contributed by atoms with van der Waals surface area (Å²) in [7, 11) is 1.20. The summed E-state index contributed by atoms with van der Waals surface area (Å²) in [4.78, 5) is 23.0. The number of amides is 1. The number of methoxy groups -OCH3 is 1. The van der Waals surface area contributed by atoms with E-state index in [-0.39, 0.29) is 11.3 Å². The second kappa shape index (κ2) is 6.11. The molecule has 98 valence electrons. The third kappa shape index (κ3) is 3.27. The molecule has 1 aromatic carbocycles. The number of esters is 1. The zero-order valence-electron chi connectivity index (χ0n) is 10.2. The summed E-state index contributed by atoms with van der Waals surface area (Å²) < 4.78 is 17.7. The fraction of sp³-hybridized carbons (Fsp3) is 0.333. The molecular weight excluding hydrogens is 239 g/mol. The highest BCUT2D eigenvalue weighted by Gasteiger charge is 2.17. The number of benzene rings is 1. The monoisotopic (exact) mass is 254 g/mol. The van der Waals surface area contributed by atoms with Crippen molar-refractivity contribution in [2.45, 2.75) is 19.4 Å². The van der Waals surface area contributed by atoms with Crippen LogP contribution in [-0.2, 0) is 9.53 Å². The molecule has 0 saturated carbocycles. The highest BCUT2D eigenvalue weighted by atomic mass is 19.1. The maximum atomic E-state index is 13.1. The second-order valence-electron chi connectivity index (χ2n) is 3.69. The molecule has 0 heterocycles. The number of hydrogen-bond donors (Lipinski definition) is 2. The number of carbonyl (C=O) groups is 2. The molecule has 1 amide bonds. The Hall–Kier alpha value is -1.95. The first-order valence-electron chi connectivity index (χ1n) is 5.44. The van der Waals surface area contributed by atoms with Crippen LogP contribution in [0.2, 0.25) is 0 Å². The van der Waals surface area contributed by atoms with Crippen molar-refractivity contribution in [1.29, 1.82) is 0 Å². The lowest BCUT2D eigenvalue weighted by atomic mass is 10.1. The summed E-state index contributed by atoms with van der Waals surface area (Å²) in [5.41, 5.74) is 5.67. The van der Waals surface area contributed by atoms with E-state index in [1.807, 2.05) is 0 Å². The topological polar surface area (TPSA) is 81.4 Å². The molecule has 0 saturated heterocycles. The lowest BCUT2D eigenvalue weighted by Crippen LogP contribution is -2.35. The van der Waals surface area contributed by atoms with Crippen molar-refractivity contribution in [2.75, 3.05) is 12.4 Å². The molecule has 0 aliphatic carbocycles. The van der Waals surface area contributed by atoms with Crippen LogP contribution in [0.1, 0.15) is 23.7 Å². The van der Waals surface area contributed by atoms with Crippen LogP contribution in [-0.4, -0.2) is 25.0 Å². The molecule has 0 fully saturated rings. The molecule has 0 aliphatic heterocycles. The summed E-state index contributed by atoms with van der Waals surface area (Å²) >= 11 is 0. The van der Waals surface area contributed by atoms with E-state index in [4.69, 9.17) is 5.73 Å². The van der Waals surface area contributed by atoms with Gasteiger partial charge in [0.1, 0.15) is 5.82 Å². The summed E-state index contributed by atoms with van der Waals surface area (Å²) in [6.07, 6.45) is 0.439. The summed E-state index contributed by atoms with van der Waals surface area (Å²) in [5, 5.41) is 2.41. The molecule has 5 nitrogen and oxygen atoms in total. The van der Waals surface area contributed by atoms with E-state index >= 15 is 0 Å². The number of carbonyl (C=O) groups excluding carboxylic acids is 2. The number of ether oxygens (including phenoxy) is 1. The fourth-order valence-electron chi connectivity index (χ4n) is 1.32. The van der Waals surface area contributed by atoms with Crippen LogP contribution < -0.4 is 11.1 Å². The van der Waals surface area contributed by atoms with Crippen LogP contribution in [0.25, 0.3) is 0 Å². The Morgan fingerprint density at radius 3 is 2.72 bits per heavy atom. The largest absolute Gasteiger partial charge is 0.465 e. The van der Waals surface area contributed by atoms with Gasteiger partial charge in [0, 0.05) is 0 Å². The Balaban J connectivity index is 3.03. The van der Waals surface area contributed by atoms with E-state index in [1.54, 1.807) is 6.92 Å². The van der Waals surface area contributed by atoms with Gasteiger partial charge in [-0.05, 0) is 24.6 Å². The van der Waals surface area contributed by atoms with Gasteiger partial charge in [0.05, 0.1) is 24.4 Å². The van der Waals surface area contributed by atoms with E-state index in [2.05, 4.69) is 10.1 Å². The van der Waals surface area contributed by atoms with Crippen LogP contribution in [0.5, 0.6) is 0 Å². The smallest absolute Gasteiger partial charge is 0.339 e. The first-order chi connectivity index (χ1) is 8.49. The van der Waals surface area contributed by atoms with E-state index in [9.17, 15) is 14.0 Å². The molecular formula is C12H15FN2O3. The molecule has 0 radical (unpaired) electrons. The minimum atomic E-state index is -0.709. The van der Waals surface area contributed by atoms with Crippen molar-refractivity contribution < 1.29 is 18.7 Å². The predicted octanol–water partition coefficient (Wildman–Crippen LogP) is 1.29. The van der Waals surface area contributed by atoms with Gasteiger partial charge in [-0.15, -0.1) is 0 Å². The van der Waals surface area contributed by atoms with Gasteiger partial charge in [-0.1, -0.05) is 6.92 Å². The van der Waals surface area contributed by atoms with Crippen molar-refractivity contribution in [3.63, 3.8) is 0 Å². The number of nitrogens with two attached hydrogens (primary N) is 1. The van der Waals surface area contributed by atoms with Crippen molar-refractivity contribution in [3.05, 3.63) is 29.6 Å². The van der Waals surface area contributed by atoms with Crippen LogP contribution >= 0.6 is 0 Å². The lowest BCUT2D eigenvalue weighted by Gasteiger charge is -2.12. The minimum absolute atomic E-state index is 0.0516. The standard InChI is InChI=1S/C12H15FN2O3/c1-3-9(14)11(16)15-10-6-7(13)4-5-8(10)12(17)18-2/h4-6,9H,3,14H2,1-2H3,(H,15,16)/t9-/m0/s1. The van der Waals surface area contributed by atoms with Gasteiger partial charge in [-0.25, -0.2) is 9.18 Å². The molecule has 3 N–H and O–H groups in total. The molecule has 0 unspecified atom stereocenters. The van der Waals surface area contributed by atoms with Crippen LogP contribution in [0, 0.1) is 5.82 Å². The predicted molar refractivity (Wildman–Crippen MR) is 64.6 cm³/mol. The van der Waals surface area contributed by atoms with E-state index < -0.39 is 23.7 Å². The van der Waals surface area contributed by atoms with Crippen molar-refractivity contribution in [1.82, 2.24) is 0 Å². The van der Waals surface area contributed by atoms with Gasteiger partial charge in [-0.3, -0.25) is 4.79 Å². The first kappa shape index (κ1) is 14.1. The molecule has 1 rings (SSSR count). The summed E-state index contributed by atoms with van der Waals surface area (Å²) in [6, 6.07) is 2.70. The maximum Gasteiger partial charge on any atom is 0.339 e. The Morgan fingerprint density at radius 2 is 2.17 bits per heavy atom. The SMILES string of the molecule is CC[C@H](N)C(=O)Nc1cc(F)ccc1C(=O)OC. The normalized spacial score (nSPS) is 11.8. The van der Waals surface area contributed by atoms with Crippen LogP contribution in [0.4, 0.5) is 10.1 Å². The average molecular weight is 254 g/mol. The minimum Gasteiger partial charge on any atom is -0.465 e. The zero-order chi connectivity index (χ0) is 13.7. The number of anilines is 1. The summed E-state index contributed by atoms with van der Waals surface area (Å²) in [6.45, 7) is 1.75. The average Bonchev–Trinajstić information content (AvgIpc) is 2.37. The third-order valence-corrected chi connectivity index (χ3v) is 2.42. The van der Waals surface area contributed by atoms with Gasteiger partial charge in [-0.2, -0.15) is 0 Å². The van der Waals surface area contributed by atoms with Gasteiger partial charge in [0.25, 0.3) is 0 Å². The zero-order valence-corrected chi connectivity index (χ0v) is 10.2. The van der Waals surface area contributed by atoms with Gasteiger partial charge >= 0.3 is 5.97 Å². The van der Waals surface area contributed by atoms with Crippen molar-refractivity contribution in [3.8, 4) is 0 Å². The first-order valence-corrected chi connectivity index (χ1v) is 5.44. The number of hydrogen-bond acceptors (Lipinski definition) is 4. The molecule has 1 aromatic rings. The Kier molecular flexibility index (Phi) is 4.79. The van der Waals surface area contributed by atoms with Crippen LogP contribution in [0.3, 0.4) is 0 Å². The molecule has 0 aliphatic rings. The number of rotatable bonds is 4. The van der Waals surface area contributed by atoms with Crippen molar-refractivity contribution >= 4 is 17.6 Å². The molecule has 0 aromatic heterocycles. The highest BCUT2D eigenvalue weighted by Crippen LogP contribution is 2.18. The maximum absolute atomic E-state index is 13.1. The lowest BCUT2D eigenvalue weighted by molar-refractivity contribution is -0.117. The van der Waals surface area contributed by atoms with Crippen molar-refractivity contribution in [2.24, 2.45) is 5.73 Å². The van der Waals surface area contributed by atoms with E-state index in [0.717, 1.165) is 12.1 Å². The quantitative estimate of drug-likeness (QED) is 0.793. The molecule has 6 heteroatoms. The van der Waals surface area contributed by atoms with Gasteiger partial charge in [0.15, 0.2) is 0 Å². The Morgan fingerprint density at radius 1 is 1.50 bits per heavy atom. The molecule has 1 atom stereocenters. The molecule has 0 bridgehead atoms. The third-order valence-electron chi connectivity index (χ3n) is 2.42. The van der Waals surface area contributed by atoms with E-state index in [0.29, 0.717) is 6.42 Å². The fourth-order valence-corrected chi connectivity index (χ4v) is 1.32. The number of nitrogens with one attached hydrogen (secondary N) is 1. The summed E-state index contributed by atoms with van der Waals surface area (Å²) in [5.74, 6) is -1.70. The number of halogens is 1. The molecule has 18 heavy (non-hydrogen) atoms. The molecule has 0 spiro atoms. The van der Waals surface area contributed by atoms with Crippen LogP contribution in [0.15, 0.2) is 18.2 Å². The Labute approximate surface area is 104 Å². The second-order valence-corrected chi connectivity index (χ2v) is 3.69. The van der Waals surface area contributed by atoms with E-state index in [1.165, 1.54) is 13.2 Å². The Bertz CT molecular complexity index is 463. The van der Waals surface area contributed by atoms with Gasteiger partial charge in [0.2, 0.25) is 5.91 Å².